The van der Waals surface area contributed by atoms with Gasteiger partial charge in [-0.25, -0.2) is 0 Å². The Morgan fingerprint density at radius 3 is 1.48 bits per heavy atom. The Kier molecular flexibility index (Phi) is 4.94. The minimum absolute atomic E-state index is 1.27. The summed E-state index contributed by atoms with van der Waals surface area (Å²) in [5.41, 5.74) is 13.6. The van der Waals surface area contributed by atoms with Gasteiger partial charge in [0.25, 0.3) is 0 Å². The van der Waals surface area contributed by atoms with Crippen LogP contribution in [0.5, 0.6) is 0 Å². The second-order valence-electron chi connectivity index (χ2n) is 11.8. The first-order chi connectivity index (χ1) is 20.7. The third-order valence-electron chi connectivity index (χ3n) is 9.68. The van der Waals surface area contributed by atoms with Crippen LogP contribution in [0.2, 0.25) is 6.55 Å². The molecule has 0 bridgehead atoms. The molecule has 0 unspecified atom stereocenters. The van der Waals surface area contributed by atoms with Crippen LogP contribution in [0.4, 0.5) is 0 Å². The highest BCUT2D eigenvalue weighted by molar-refractivity contribution is 7.14. The normalized spacial score (nSPS) is 13.5. The standard InChI is InChI=1S/C41H28Si/c1-42(35-24-10-8-20-30(35)31-21-9-11-25-36(31)42)37-26-34(27-14-4-2-5-15-27)40-32-22-12-18-28-19-13-23-33(38(28)32)41(40)39(37)29-16-6-3-7-17-29/h2-26H,1H3. The Labute approximate surface area is 247 Å². The maximum atomic E-state index is 2.59. The van der Waals surface area contributed by atoms with Gasteiger partial charge in [0.05, 0.1) is 0 Å². The van der Waals surface area contributed by atoms with Crippen LogP contribution in [-0.4, -0.2) is 8.07 Å². The zero-order valence-electron chi connectivity index (χ0n) is 23.4. The van der Waals surface area contributed by atoms with Crippen molar-refractivity contribution in [1.29, 1.82) is 0 Å². The molecule has 7 aromatic carbocycles. The van der Waals surface area contributed by atoms with Gasteiger partial charge >= 0.3 is 0 Å². The molecule has 7 aromatic rings. The number of benzene rings is 7. The largest absolute Gasteiger partial charge is 0.147 e. The first-order valence-corrected chi connectivity index (χ1v) is 17.3. The quantitative estimate of drug-likeness (QED) is 0.193. The van der Waals surface area contributed by atoms with E-state index < -0.39 is 8.07 Å². The number of hydrogen-bond donors (Lipinski definition) is 0. The highest BCUT2D eigenvalue weighted by Gasteiger charge is 2.46. The molecule has 0 atom stereocenters. The molecule has 0 nitrogen and oxygen atoms in total. The van der Waals surface area contributed by atoms with Crippen molar-refractivity contribution in [2.75, 3.05) is 0 Å². The molecule has 1 heterocycles. The highest BCUT2D eigenvalue weighted by atomic mass is 28.3. The van der Waals surface area contributed by atoms with Crippen molar-refractivity contribution in [2.24, 2.45) is 0 Å². The molecule has 0 aromatic heterocycles. The van der Waals surface area contributed by atoms with Crippen molar-refractivity contribution in [2.45, 2.75) is 6.55 Å². The van der Waals surface area contributed by atoms with E-state index in [0.717, 1.165) is 0 Å². The van der Waals surface area contributed by atoms with E-state index in [2.05, 4.69) is 158 Å². The molecule has 0 fully saturated rings. The van der Waals surface area contributed by atoms with Crippen LogP contribution in [0, 0.1) is 0 Å². The zero-order chi connectivity index (χ0) is 27.8. The third kappa shape index (κ3) is 3.06. The molecule has 0 saturated heterocycles. The molecule has 0 amide bonds. The predicted octanol–water partition coefficient (Wildman–Crippen LogP) is 8.90. The van der Waals surface area contributed by atoms with Crippen molar-refractivity contribution in [3.05, 3.63) is 152 Å². The molecule has 1 aliphatic heterocycles. The van der Waals surface area contributed by atoms with Crippen LogP contribution in [-0.2, 0) is 0 Å². The van der Waals surface area contributed by atoms with Gasteiger partial charge in [-0.1, -0.05) is 158 Å². The summed E-state index contributed by atoms with van der Waals surface area (Å²) in [4.78, 5) is 0. The van der Waals surface area contributed by atoms with Gasteiger partial charge in [-0.2, -0.15) is 0 Å². The second-order valence-corrected chi connectivity index (χ2v) is 15.6. The van der Waals surface area contributed by atoms with Crippen LogP contribution < -0.4 is 15.6 Å². The van der Waals surface area contributed by atoms with Gasteiger partial charge in [-0.05, 0) is 82.0 Å². The molecule has 1 aliphatic carbocycles. The monoisotopic (exact) mass is 548 g/mol. The van der Waals surface area contributed by atoms with Crippen molar-refractivity contribution >= 4 is 34.4 Å². The Balaban J connectivity index is 1.51. The lowest BCUT2D eigenvalue weighted by Crippen LogP contribution is -2.63. The molecular formula is C41H28Si. The molecule has 42 heavy (non-hydrogen) atoms. The summed E-state index contributed by atoms with van der Waals surface area (Å²) in [6, 6.07) is 56.8. The van der Waals surface area contributed by atoms with Gasteiger partial charge in [0, 0.05) is 0 Å². The minimum atomic E-state index is -2.42. The van der Waals surface area contributed by atoms with Crippen LogP contribution in [0.15, 0.2) is 152 Å². The summed E-state index contributed by atoms with van der Waals surface area (Å²) in [5.74, 6) is 0. The Bertz CT molecular complexity index is 2140. The van der Waals surface area contributed by atoms with Gasteiger partial charge in [0.2, 0.25) is 0 Å². The fourth-order valence-corrected chi connectivity index (χ4v) is 12.3. The Morgan fingerprint density at radius 2 is 0.857 bits per heavy atom. The summed E-state index contributed by atoms with van der Waals surface area (Å²) in [6.07, 6.45) is 0. The smallest absolute Gasteiger partial charge is 0.0623 e. The van der Waals surface area contributed by atoms with Crippen LogP contribution >= 0.6 is 0 Å². The topological polar surface area (TPSA) is 0 Å². The highest BCUT2D eigenvalue weighted by Crippen LogP contribution is 2.54. The lowest BCUT2D eigenvalue weighted by atomic mass is 9.87. The fraction of sp³-hybridized carbons (Fsp3) is 0.0244. The van der Waals surface area contributed by atoms with E-state index >= 15 is 0 Å². The van der Waals surface area contributed by atoms with E-state index in [1.54, 1.807) is 0 Å². The average Bonchev–Trinajstić information content (AvgIpc) is 3.53. The molecule has 0 radical (unpaired) electrons. The van der Waals surface area contributed by atoms with Crippen molar-refractivity contribution in [3.8, 4) is 55.6 Å². The first-order valence-electron chi connectivity index (χ1n) is 14.8. The molecule has 196 valence electrons. The van der Waals surface area contributed by atoms with E-state index in [0.29, 0.717) is 0 Å². The van der Waals surface area contributed by atoms with Crippen LogP contribution in [0.1, 0.15) is 0 Å². The molecule has 2 aliphatic rings. The average molecular weight is 549 g/mol. The van der Waals surface area contributed by atoms with E-state index in [1.165, 1.54) is 82.0 Å². The number of fused-ring (bicyclic) bond motifs is 6. The zero-order valence-corrected chi connectivity index (χ0v) is 24.4. The van der Waals surface area contributed by atoms with Gasteiger partial charge in [0.15, 0.2) is 0 Å². The molecule has 1 heteroatoms. The number of hydrogen-bond acceptors (Lipinski definition) is 0. The van der Waals surface area contributed by atoms with E-state index in [1.807, 2.05) is 0 Å². The van der Waals surface area contributed by atoms with Gasteiger partial charge < -0.3 is 0 Å². The predicted molar refractivity (Wildman–Crippen MR) is 182 cm³/mol. The maximum absolute atomic E-state index is 2.59. The summed E-state index contributed by atoms with van der Waals surface area (Å²) in [6.45, 7) is 2.59. The van der Waals surface area contributed by atoms with Crippen molar-refractivity contribution < 1.29 is 0 Å². The van der Waals surface area contributed by atoms with Crippen molar-refractivity contribution in [1.82, 2.24) is 0 Å². The molecular weight excluding hydrogens is 521 g/mol. The lowest BCUT2D eigenvalue weighted by Gasteiger charge is -2.31. The Morgan fingerprint density at radius 1 is 0.357 bits per heavy atom. The van der Waals surface area contributed by atoms with Crippen LogP contribution in [0.25, 0.3) is 66.4 Å². The molecule has 9 rings (SSSR count). The molecule has 0 saturated carbocycles. The van der Waals surface area contributed by atoms with E-state index in [9.17, 15) is 0 Å². The second kappa shape index (κ2) is 8.76. The van der Waals surface area contributed by atoms with Gasteiger partial charge in [-0.15, -0.1) is 0 Å². The summed E-state index contributed by atoms with van der Waals surface area (Å²) in [7, 11) is -2.42. The summed E-state index contributed by atoms with van der Waals surface area (Å²) in [5, 5.41) is 7.20. The first kappa shape index (κ1) is 23.7. The molecule has 0 N–H and O–H groups in total. The van der Waals surface area contributed by atoms with E-state index in [4.69, 9.17) is 0 Å². The van der Waals surface area contributed by atoms with Gasteiger partial charge in [0.1, 0.15) is 8.07 Å². The fourth-order valence-electron chi connectivity index (χ4n) is 7.88. The summed E-state index contributed by atoms with van der Waals surface area (Å²) < 4.78 is 0. The maximum Gasteiger partial charge on any atom is 0.147 e. The van der Waals surface area contributed by atoms with Crippen molar-refractivity contribution in [3.63, 3.8) is 0 Å². The Hall–Kier alpha value is -4.98. The number of rotatable bonds is 3. The molecule has 0 spiro atoms. The lowest BCUT2D eigenvalue weighted by molar-refractivity contribution is 1.60. The van der Waals surface area contributed by atoms with Crippen LogP contribution in [0.3, 0.4) is 0 Å². The minimum Gasteiger partial charge on any atom is -0.0623 e. The summed E-state index contributed by atoms with van der Waals surface area (Å²) >= 11 is 0. The van der Waals surface area contributed by atoms with E-state index in [-0.39, 0.29) is 0 Å². The SMILES string of the molecule is C[Si]1(c2cc(-c3ccccc3)c3c(c2-c2ccccc2)-c2cccc4cccc-3c24)c2ccccc2-c2ccccc21. The third-order valence-corrected chi connectivity index (χ3v) is 14.2. The van der Waals surface area contributed by atoms with Gasteiger partial charge in [-0.3, -0.25) is 0 Å².